The van der Waals surface area contributed by atoms with Gasteiger partial charge < -0.3 is 15.8 Å². The number of anilines is 1. The molecule has 26 heavy (non-hydrogen) atoms. The minimum atomic E-state index is -3.48. The number of rotatable bonds is 7. The molecule has 2 aromatic rings. The Morgan fingerprint density at radius 3 is 2.62 bits per heavy atom. The SMILES string of the molecule is CNS(=O)(=O)c1cccc(CN=C(N)Nc2ccccc2COC)c1.I. The molecule has 0 aliphatic carbocycles. The second-order valence-corrected chi connectivity index (χ2v) is 7.16. The lowest BCUT2D eigenvalue weighted by Crippen LogP contribution is -2.23. The van der Waals surface area contributed by atoms with E-state index in [-0.39, 0.29) is 41.4 Å². The van der Waals surface area contributed by atoms with Gasteiger partial charge in [0.2, 0.25) is 10.0 Å². The number of nitrogens with zero attached hydrogens (tertiary/aromatic N) is 1. The Morgan fingerprint density at radius 1 is 1.19 bits per heavy atom. The summed E-state index contributed by atoms with van der Waals surface area (Å²) in [4.78, 5) is 4.46. The molecule has 0 spiro atoms. The van der Waals surface area contributed by atoms with Crippen LogP contribution in [0.3, 0.4) is 0 Å². The first-order valence-corrected chi connectivity index (χ1v) is 9.11. The van der Waals surface area contributed by atoms with Crippen LogP contribution in [0.5, 0.6) is 0 Å². The summed E-state index contributed by atoms with van der Waals surface area (Å²) in [7, 11) is -0.479. The molecule has 4 N–H and O–H groups in total. The van der Waals surface area contributed by atoms with Gasteiger partial charge in [-0.3, -0.25) is 0 Å². The summed E-state index contributed by atoms with van der Waals surface area (Å²) in [6.07, 6.45) is 0. The predicted molar refractivity (Wildman–Crippen MR) is 114 cm³/mol. The number of benzene rings is 2. The van der Waals surface area contributed by atoms with Crippen LogP contribution in [0.1, 0.15) is 11.1 Å². The first-order valence-electron chi connectivity index (χ1n) is 7.62. The van der Waals surface area contributed by atoms with Crippen molar-refractivity contribution in [3.05, 3.63) is 59.7 Å². The Labute approximate surface area is 171 Å². The fourth-order valence-electron chi connectivity index (χ4n) is 2.21. The van der Waals surface area contributed by atoms with Crippen LogP contribution in [0.4, 0.5) is 5.69 Å². The zero-order valence-electron chi connectivity index (χ0n) is 14.6. The minimum Gasteiger partial charge on any atom is -0.380 e. The highest BCUT2D eigenvalue weighted by molar-refractivity contribution is 14.0. The lowest BCUT2D eigenvalue weighted by molar-refractivity contribution is 0.185. The number of aliphatic imine (C=N–C) groups is 1. The number of guanidine groups is 1. The molecule has 0 bridgehead atoms. The van der Waals surface area contributed by atoms with E-state index >= 15 is 0 Å². The maximum absolute atomic E-state index is 11.8. The van der Waals surface area contributed by atoms with Crippen LogP contribution < -0.4 is 15.8 Å². The third-order valence-corrected chi connectivity index (χ3v) is 4.90. The quantitative estimate of drug-likeness (QED) is 0.314. The molecule has 0 amide bonds. The summed E-state index contributed by atoms with van der Waals surface area (Å²) in [6, 6.07) is 14.2. The number of methoxy groups -OCH3 is 1. The highest BCUT2D eigenvalue weighted by Gasteiger charge is 2.11. The first-order chi connectivity index (χ1) is 12.0. The molecular formula is C17H23IN4O3S. The summed E-state index contributed by atoms with van der Waals surface area (Å²) in [5.74, 6) is 0.241. The van der Waals surface area contributed by atoms with E-state index in [1.54, 1.807) is 25.3 Å². The van der Waals surface area contributed by atoms with Crippen molar-refractivity contribution in [2.45, 2.75) is 18.0 Å². The van der Waals surface area contributed by atoms with Crippen LogP contribution in [-0.4, -0.2) is 28.5 Å². The van der Waals surface area contributed by atoms with Gasteiger partial charge in [-0.05, 0) is 30.8 Å². The monoisotopic (exact) mass is 490 g/mol. The lowest BCUT2D eigenvalue weighted by atomic mass is 10.2. The average molecular weight is 490 g/mol. The molecule has 0 fully saturated rings. The molecule has 0 atom stereocenters. The van der Waals surface area contributed by atoms with E-state index in [1.165, 1.54) is 13.1 Å². The van der Waals surface area contributed by atoms with Gasteiger partial charge in [0.25, 0.3) is 0 Å². The highest BCUT2D eigenvalue weighted by Crippen LogP contribution is 2.16. The van der Waals surface area contributed by atoms with E-state index in [1.807, 2.05) is 24.3 Å². The summed E-state index contributed by atoms with van der Waals surface area (Å²) < 4.78 is 31.1. The molecule has 7 nitrogen and oxygen atoms in total. The molecule has 9 heteroatoms. The Balaban J connectivity index is 0.00000338. The third-order valence-electron chi connectivity index (χ3n) is 3.49. The van der Waals surface area contributed by atoms with Gasteiger partial charge in [-0.1, -0.05) is 30.3 Å². The normalized spacial score (nSPS) is 11.7. The Hall–Kier alpha value is -1.69. The van der Waals surface area contributed by atoms with Gasteiger partial charge >= 0.3 is 0 Å². The van der Waals surface area contributed by atoms with Crippen molar-refractivity contribution < 1.29 is 13.2 Å². The molecule has 0 aromatic heterocycles. The lowest BCUT2D eigenvalue weighted by Gasteiger charge is -2.11. The molecule has 0 heterocycles. The molecule has 0 saturated carbocycles. The summed E-state index contributed by atoms with van der Waals surface area (Å²) in [5.41, 5.74) is 8.46. The van der Waals surface area contributed by atoms with Crippen molar-refractivity contribution in [1.82, 2.24) is 4.72 Å². The van der Waals surface area contributed by atoms with Gasteiger partial charge in [0, 0.05) is 18.4 Å². The Morgan fingerprint density at radius 2 is 1.92 bits per heavy atom. The van der Waals surface area contributed by atoms with Crippen LogP contribution in [-0.2, 0) is 27.9 Å². The zero-order chi connectivity index (χ0) is 18.3. The van der Waals surface area contributed by atoms with Gasteiger partial charge in [-0.2, -0.15) is 0 Å². The molecule has 2 aromatic carbocycles. The molecule has 0 saturated heterocycles. The van der Waals surface area contributed by atoms with Crippen molar-refractivity contribution in [1.29, 1.82) is 0 Å². The highest BCUT2D eigenvalue weighted by atomic mass is 127. The van der Waals surface area contributed by atoms with Crippen LogP contribution >= 0.6 is 24.0 Å². The predicted octanol–water partition coefficient (Wildman–Crippen LogP) is 2.29. The second kappa shape index (κ2) is 10.5. The van der Waals surface area contributed by atoms with Crippen molar-refractivity contribution in [2.24, 2.45) is 10.7 Å². The number of ether oxygens (including phenoxy) is 1. The van der Waals surface area contributed by atoms with Crippen LogP contribution in [0.2, 0.25) is 0 Å². The van der Waals surface area contributed by atoms with Gasteiger partial charge in [-0.25, -0.2) is 18.1 Å². The Kier molecular flexibility index (Phi) is 8.99. The van der Waals surface area contributed by atoms with E-state index in [4.69, 9.17) is 10.5 Å². The molecule has 0 aliphatic heterocycles. The zero-order valence-corrected chi connectivity index (χ0v) is 17.7. The van der Waals surface area contributed by atoms with Crippen molar-refractivity contribution >= 4 is 45.6 Å². The summed E-state index contributed by atoms with van der Waals surface area (Å²) >= 11 is 0. The van der Waals surface area contributed by atoms with Crippen LogP contribution in [0.15, 0.2) is 58.4 Å². The molecule has 2 rings (SSSR count). The molecule has 0 radical (unpaired) electrons. The topological polar surface area (TPSA) is 106 Å². The first kappa shape index (κ1) is 22.4. The van der Waals surface area contributed by atoms with Crippen molar-refractivity contribution in [2.75, 3.05) is 19.5 Å². The molecule has 0 aliphatic rings. The average Bonchev–Trinajstić information content (AvgIpc) is 2.62. The molecule has 142 valence electrons. The van der Waals surface area contributed by atoms with Crippen LogP contribution in [0.25, 0.3) is 0 Å². The standard InChI is InChI=1S/C17H22N4O3S.HI/c1-19-25(22,23)15-8-5-6-13(10-15)11-20-17(18)21-16-9-4-3-7-14(16)12-24-2;/h3-10,19H,11-12H2,1-2H3,(H3,18,20,21);1H. The number of sulfonamides is 1. The maximum atomic E-state index is 11.8. The van der Waals surface area contributed by atoms with E-state index in [0.29, 0.717) is 6.61 Å². The number of nitrogens with one attached hydrogen (secondary N) is 2. The van der Waals surface area contributed by atoms with Crippen molar-refractivity contribution in [3.63, 3.8) is 0 Å². The maximum Gasteiger partial charge on any atom is 0.240 e. The van der Waals surface area contributed by atoms with Gasteiger partial charge in [0.1, 0.15) is 0 Å². The number of para-hydroxylation sites is 1. The van der Waals surface area contributed by atoms with Crippen LogP contribution in [0, 0.1) is 0 Å². The largest absolute Gasteiger partial charge is 0.380 e. The van der Waals surface area contributed by atoms with Gasteiger partial charge in [-0.15, -0.1) is 24.0 Å². The smallest absolute Gasteiger partial charge is 0.240 e. The number of nitrogens with two attached hydrogens (primary N) is 1. The molecule has 0 unspecified atom stereocenters. The van der Waals surface area contributed by atoms with Gasteiger partial charge in [0.05, 0.1) is 18.0 Å². The second-order valence-electron chi connectivity index (χ2n) is 5.27. The minimum absolute atomic E-state index is 0. The van der Waals surface area contributed by atoms with E-state index < -0.39 is 10.0 Å². The summed E-state index contributed by atoms with van der Waals surface area (Å²) in [6.45, 7) is 0.721. The van der Waals surface area contributed by atoms with E-state index in [2.05, 4.69) is 15.0 Å². The number of halogens is 1. The summed E-state index contributed by atoms with van der Waals surface area (Å²) in [5, 5.41) is 3.04. The molecular weight excluding hydrogens is 467 g/mol. The fraction of sp³-hybridized carbons (Fsp3) is 0.235. The van der Waals surface area contributed by atoms with Crippen molar-refractivity contribution in [3.8, 4) is 0 Å². The Bertz CT molecular complexity index is 857. The third kappa shape index (κ3) is 6.24. The number of hydrogen-bond donors (Lipinski definition) is 3. The number of hydrogen-bond acceptors (Lipinski definition) is 4. The van der Waals surface area contributed by atoms with E-state index in [0.717, 1.165) is 16.8 Å². The van der Waals surface area contributed by atoms with Gasteiger partial charge in [0.15, 0.2) is 5.96 Å². The fourth-order valence-corrected chi connectivity index (χ4v) is 3.01. The van der Waals surface area contributed by atoms with E-state index in [9.17, 15) is 8.42 Å².